The molecule has 0 atom stereocenters. The van der Waals surface area contributed by atoms with Gasteiger partial charge in [0.2, 0.25) is 0 Å². The van der Waals surface area contributed by atoms with Gasteiger partial charge in [-0.05, 0) is 23.6 Å². The van der Waals surface area contributed by atoms with Crippen LogP contribution in [0, 0.1) is 0 Å². The Hall–Kier alpha value is -2.51. The Balaban J connectivity index is 1.59. The minimum absolute atomic E-state index is 0.00239. The molecule has 3 aromatic rings. The Morgan fingerprint density at radius 3 is 2.44 bits per heavy atom. The van der Waals surface area contributed by atoms with E-state index in [0.29, 0.717) is 5.92 Å². The van der Waals surface area contributed by atoms with Crippen molar-refractivity contribution in [1.82, 2.24) is 9.29 Å². The first-order valence-corrected chi connectivity index (χ1v) is 10.8. The molecule has 0 fully saturated rings. The summed E-state index contributed by atoms with van der Waals surface area (Å²) in [5.41, 5.74) is 2.46. The molecule has 0 N–H and O–H groups in total. The minimum atomic E-state index is -3.80. The fourth-order valence-electron chi connectivity index (χ4n) is 3.05. The molecule has 0 bridgehead atoms. The van der Waals surface area contributed by atoms with Crippen LogP contribution in [0.2, 0.25) is 0 Å². The lowest BCUT2D eigenvalue weighted by Gasteiger charge is -2.13. The van der Waals surface area contributed by atoms with Gasteiger partial charge in [0.15, 0.2) is 0 Å². The molecule has 1 aliphatic rings. The summed E-state index contributed by atoms with van der Waals surface area (Å²) in [7, 11) is -3.80. The number of thiazole rings is 1. The Labute approximate surface area is 162 Å². The van der Waals surface area contributed by atoms with E-state index in [1.165, 1.54) is 23.0 Å². The van der Waals surface area contributed by atoms with Gasteiger partial charge in [-0.25, -0.2) is 17.7 Å². The average molecular weight is 399 g/mol. The van der Waals surface area contributed by atoms with Gasteiger partial charge in [0.1, 0.15) is 9.90 Å². The highest BCUT2D eigenvalue weighted by atomic mass is 32.2. The second-order valence-electron chi connectivity index (χ2n) is 6.72. The van der Waals surface area contributed by atoms with Crippen molar-refractivity contribution >= 4 is 27.3 Å². The lowest BCUT2D eigenvalue weighted by Crippen LogP contribution is -2.29. The van der Waals surface area contributed by atoms with Gasteiger partial charge in [-0.2, -0.15) is 0 Å². The third-order valence-corrected chi connectivity index (χ3v) is 7.41. The fourth-order valence-corrected chi connectivity index (χ4v) is 5.59. The van der Waals surface area contributed by atoms with Crippen LogP contribution in [0.3, 0.4) is 0 Å². The van der Waals surface area contributed by atoms with Gasteiger partial charge in [-0.1, -0.05) is 50.2 Å². The molecule has 5 nitrogen and oxygen atoms in total. The zero-order valence-corrected chi connectivity index (χ0v) is 16.5. The Bertz CT molecular complexity index is 1120. The maximum absolute atomic E-state index is 12.7. The number of nitrogens with zero attached hydrogens (tertiary/aromatic N) is 2. The van der Waals surface area contributed by atoms with Crippen molar-refractivity contribution < 1.29 is 13.2 Å². The molecule has 0 saturated carbocycles. The second kappa shape index (κ2) is 6.58. The molecule has 2 aromatic carbocycles. The van der Waals surface area contributed by atoms with Gasteiger partial charge in [0.25, 0.3) is 15.9 Å². The molecule has 1 aliphatic heterocycles. The molecule has 0 spiro atoms. The number of carbonyl (C=O) groups excluding carboxylic acids is 1. The van der Waals surface area contributed by atoms with Gasteiger partial charge in [-0.15, -0.1) is 11.3 Å². The Morgan fingerprint density at radius 2 is 1.78 bits per heavy atom. The van der Waals surface area contributed by atoms with E-state index in [9.17, 15) is 13.2 Å². The summed E-state index contributed by atoms with van der Waals surface area (Å²) in [6, 6.07) is 14.5. The summed E-state index contributed by atoms with van der Waals surface area (Å²) in [6.07, 6.45) is 1.64. The lowest BCUT2D eigenvalue weighted by atomic mass is 10.0. The van der Waals surface area contributed by atoms with Crippen LogP contribution in [0.1, 0.15) is 40.6 Å². The third kappa shape index (κ3) is 3.07. The standard InChI is InChI=1S/C20H18N2O3S2/c1-13(2)14-7-9-15(10-8-14)19-21-11-16(26-19)12-22-20(23)17-5-3-4-6-18(17)27(22,24)25/h3-11,13H,12H2,1-2H3. The number of carbonyl (C=O) groups is 1. The minimum Gasteiger partial charge on any atom is -0.268 e. The molecule has 0 saturated heterocycles. The summed E-state index contributed by atoms with van der Waals surface area (Å²) < 4.78 is 26.3. The zero-order valence-electron chi connectivity index (χ0n) is 14.9. The lowest BCUT2D eigenvalue weighted by molar-refractivity contribution is 0.0866. The molecular weight excluding hydrogens is 380 g/mol. The highest BCUT2D eigenvalue weighted by Crippen LogP contribution is 2.33. The van der Waals surface area contributed by atoms with Crippen LogP contribution in [0.25, 0.3) is 10.6 Å². The first kappa shape index (κ1) is 17.9. The van der Waals surface area contributed by atoms with Crippen LogP contribution in [-0.4, -0.2) is 23.6 Å². The monoisotopic (exact) mass is 398 g/mol. The van der Waals surface area contributed by atoms with Crippen molar-refractivity contribution in [3.63, 3.8) is 0 Å². The van der Waals surface area contributed by atoms with E-state index in [4.69, 9.17) is 0 Å². The normalized spacial score (nSPS) is 15.4. The summed E-state index contributed by atoms with van der Waals surface area (Å²) >= 11 is 1.40. The van der Waals surface area contributed by atoms with E-state index in [1.807, 2.05) is 12.1 Å². The summed E-state index contributed by atoms with van der Waals surface area (Å²) in [5.74, 6) is -0.0271. The molecule has 2 heterocycles. The molecule has 1 amide bonds. The highest BCUT2D eigenvalue weighted by Gasteiger charge is 2.40. The zero-order chi connectivity index (χ0) is 19.2. The van der Waals surface area contributed by atoms with Crippen molar-refractivity contribution in [2.24, 2.45) is 0 Å². The van der Waals surface area contributed by atoms with Crippen molar-refractivity contribution in [2.75, 3.05) is 0 Å². The maximum atomic E-state index is 12.7. The van der Waals surface area contributed by atoms with Gasteiger partial charge in [-0.3, -0.25) is 4.79 Å². The van der Waals surface area contributed by atoms with E-state index in [-0.39, 0.29) is 17.0 Å². The number of hydrogen-bond donors (Lipinski definition) is 0. The molecule has 0 radical (unpaired) electrons. The van der Waals surface area contributed by atoms with Crippen LogP contribution in [0.5, 0.6) is 0 Å². The van der Waals surface area contributed by atoms with Crippen molar-refractivity contribution in [1.29, 1.82) is 0 Å². The first-order valence-electron chi connectivity index (χ1n) is 8.59. The van der Waals surface area contributed by atoms with Gasteiger partial charge >= 0.3 is 0 Å². The van der Waals surface area contributed by atoms with E-state index in [2.05, 4.69) is 31.0 Å². The first-order chi connectivity index (χ1) is 12.9. The largest absolute Gasteiger partial charge is 0.269 e. The van der Waals surface area contributed by atoms with E-state index < -0.39 is 15.9 Å². The molecule has 138 valence electrons. The predicted octanol–water partition coefficient (Wildman–Crippen LogP) is 4.28. The maximum Gasteiger partial charge on any atom is 0.269 e. The van der Waals surface area contributed by atoms with Gasteiger partial charge in [0, 0.05) is 16.6 Å². The summed E-state index contributed by atoms with van der Waals surface area (Å²) in [6.45, 7) is 4.28. The fraction of sp³-hybridized carbons (Fsp3) is 0.200. The molecule has 27 heavy (non-hydrogen) atoms. The van der Waals surface area contributed by atoms with Gasteiger partial charge in [0.05, 0.1) is 12.1 Å². The van der Waals surface area contributed by atoms with E-state index in [1.54, 1.807) is 24.4 Å². The third-order valence-electron chi connectivity index (χ3n) is 4.59. The van der Waals surface area contributed by atoms with Crippen LogP contribution in [-0.2, 0) is 16.6 Å². The van der Waals surface area contributed by atoms with Crippen LogP contribution in [0.15, 0.2) is 59.6 Å². The van der Waals surface area contributed by atoms with Crippen LogP contribution >= 0.6 is 11.3 Å². The molecule has 1 aromatic heterocycles. The smallest absolute Gasteiger partial charge is 0.268 e. The average Bonchev–Trinajstić information content (AvgIpc) is 3.20. The Kier molecular flexibility index (Phi) is 4.36. The molecule has 4 rings (SSSR count). The molecule has 0 unspecified atom stereocenters. The number of sulfonamides is 1. The topological polar surface area (TPSA) is 67.3 Å². The van der Waals surface area contributed by atoms with Gasteiger partial charge < -0.3 is 0 Å². The van der Waals surface area contributed by atoms with Crippen molar-refractivity contribution in [3.05, 3.63) is 70.7 Å². The SMILES string of the molecule is CC(C)c1ccc(-c2ncc(CN3C(=O)c4ccccc4S3(=O)=O)s2)cc1. The number of rotatable bonds is 4. The second-order valence-corrected chi connectivity index (χ2v) is 9.67. The van der Waals surface area contributed by atoms with E-state index in [0.717, 1.165) is 19.8 Å². The van der Waals surface area contributed by atoms with E-state index >= 15 is 0 Å². The van der Waals surface area contributed by atoms with Crippen LogP contribution < -0.4 is 0 Å². The number of amides is 1. The van der Waals surface area contributed by atoms with Crippen LogP contribution in [0.4, 0.5) is 0 Å². The molecule has 7 heteroatoms. The summed E-state index contributed by atoms with van der Waals surface area (Å²) in [4.78, 5) is 17.7. The van der Waals surface area contributed by atoms with Crippen molar-refractivity contribution in [3.8, 4) is 10.6 Å². The highest BCUT2D eigenvalue weighted by molar-refractivity contribution is 7.90. The summed E-state index contributed by atoms with van der Waals surface area (Å²) in [5, 5.41) is 0.807. The van der Waals surface area contributed by atoms with Crippen molar-refractivity contribution in [2.45, 2.75) is 31.2 Å². The number of benzene rings is 2. The number of hydrogen-bond acceptors (Lipinski definition) is 5. The number of fused-ring (bicyclic) bond motifs is 1. The predicted molar refractivity (Wildman–Crippen MR) is 105 cm³/mol. The number of aromatic nitrogens is 1. The Morgan fingerprint density at radius 1 is 1.07 bits per heavy atom. The molecule has 0 aliphatic carbocycles. The molecular formula is C20H18N2O3S2. The quantitative estimate of drug-likeness (QED) is 0.658.